The lowest BCUT2D eigenvalue weighted by molar-refractivity contribution is -0.142. The molecule has 5 nitrogen and oxygen atoms in total. The summed E-state index contributed by atoms with van der Waals surface area (Å²) in [5, 5.41) is 4.71. The molecule has 0 spiro atoms. The SMILES string of the molecule is CC.CC(=O)OCc1c(C)cccc1-n1ncc2cc(C(C)(C)C)cc(F)c2c1=O. The number of benzene rings is 2. The second kappa shape index (κ2) is 9.20. The number of nitrogens with zero attached hydrogens (tertiary/aromatic N) is 2. The molecular formula is C24H29FN2O3. The molecule has 0 aliphatic carbocycles. The topological polar surface area (TPSA) is 61.2 Å². The zero-order valence-electron chi connectivity index (χ0n) is 18.7. The van der Waals surface area contributed by atoms with Crippen LogP contribution >= 0.6 is 0 Å². The third kappa shape index (κ3) is 4.75. The Morgan fingerprint density at radius 1 is 1.20 bits per heavy atom. The van der Waals surface area contributed by atoms with E-state index in [1.165, 1.54) is 19.2 Å². The summed E-state index contributed by atoms with van der Waals surface area (Å²) in [6.07, 6.45) is 1.49. The average molecular weight is 413 g/mol. The Hall–Kier alpha value is -3.02. The first-order valence-electron chi connectivity index (χ1n) is 10.0. The molecule has 0 radical (unpaired) electrons. The number of esters is 1. The van der Waals surface area contributed by atoms with E-state index >= 15 is 0 Å². The maximum atomic E-state index is 14.9. The van der Waals surface area contributed by atoms with Gasteiger partial charge in [0.15, 0.2) is 0 Å². The minimum atomic E-state index is -0.572. The van der Waals surface area contributed by atoms with Crippen molar-refractivity contribution in [3.63, 3.8) is 0 Å². The van der Waals surface area contributed by atoms with Crippen LogP contribution in [0.3, 0.4) is 0 Å². The van der Waals surface area contributed by atoms with Crippen molar-refractivity contribution in [2.45, 2.75) is 60.5 Å². The number of hydrogen-bond acceptors (Lipinski definition) is 4. The van der Waals surface area contributed by atoms with Gasteiger partial charge in [0, 0.05) is 17.9 Å². The third-order valence-corrected chi connectivity index (χ3v) is 4.74. The van der Waals surface area contributed by atoms with E-state index in [4.69, 9.17) is 4.74 Å². The lowest BCUT2D eigenvalue weighted by Crippen LogP contribution is -2.24. The van der Waals surface area contributed by atoms with Crippen LogP contribution in [0.2, 0.25) is 0 Å². The molecule has 0 aliphatic heterocycles. The van der Waals surface area contributed by atoms with Gasteiger partial charge in [-0.05, 0) is 41.7 Å². The van der Waals surface area contributed by atoms with Gasteiger partial charge in [-0.3, -0.25) is 9.59 Å². The summed E-state index contributed by atoms with van der Waals surface area (Å²) in [6.45, 7) is 13.1. The molecule has 0 aliphatic rings. The van der Waals surface area contributed by atoms with E-state index in [-0.39, 0.29) is 17.4 Å². The fourth-order valence-electron chi connectivity index (χ4n) is 3.09. The lowest BCUT2D eigenvalue weighted by atomic mass is 9.86. The number of aryl methyl sites for hydroxylation is 1. The van der Waals surface area contributed by atoms with E-state index in [0.29, 0.717) is 16.6 Å². The fraction of sp³-hybridized carbons (Fsp3) is 0.375. The van der Waals surface area contributed by atoms with E-state index in [9.17, 15) is 14.0 Å². The van der Waals surface area contributed by atoms with Gasteiger partial charge in [0.25, 0.3) is 5.56 Å². The number of fused-ring (bicyclic) bond motifs is 1. The zero-order valence-corrected chi connectivity index (χ0v) is 18.7. The van der Waals surface area contributed by atoms with Gasteiger partial charge in [0.05, 0.1) is 17.3 Å². The molecule has 160 valence electrons. The molecule has 0 N–H and O–H groups in total. The first kappa shape index (κ1) is 23.3. The molecule has 3 rings (SSSR count). The number of carbonyl (C=O) groups excluding carboxylic acids is 1. The van der Waals surface area contributed by atoms with Crippen molar-refractivity contribution in [3.05, 3.63) is 69.4 Å². The molecular weight excluding hydrogens is 383 g/mol. The van der Waals surface area contributed by atoms with Crippen LogP contribution in [-0.4, -0.2) is 15.7 Å². The second-order valence-electron chi connectivity index (χ2n) is 7.89. The monoisotopic (exact) mass is 412 g/mol. The quantitative estimate of drug-likeness (QED) is 0.554. The van der Waals surface area contributed by atoms with Crippen LogP contribution in [-0.2, 0) is 21.6 Å². The van der Waals surface area contributed by atoms with Crippen molar-refractivity contribution in [1.29, 1.82) is 0 Å². The van der Waals surface area contributed by atoms with Gasteiger partial charge in [0.2, 0.25) is 0 Å². The Bertz CT molecular complexity index is 1130. The Labute approximate surface area is 176 Å². The van der Waals surface area contributed by atoms with Crippen molar-refractivity contribution in [2.24, 2.45) is 0 Å². The molecule has 0 fully saturated rings. The van der Waals surface area contributed by atoms with Crippen molar-refractivity contribution in [3.8, 4) is 5.69 Å². The van der Waals surface area contributed by atoms with Crippen LogP contribution in [0, 0.1) is 12.7 Å². The van der Waals surface area contributed by atoms with E-state index in [1.807, 2.05) is 47.6 Å². The zero-order chi connectivity index (χ0) is 22.6. The standard InChI is InChI=1S/C22H23FN2O3.C2H6/c1-13-7-6-8-19(17(13)12-28-14(2)26)25-21(27)20-15(11-24-25)9-16(10-18(20)23)22(3,4)5;1-2/h6-11H,12H2,1-5H3;1-2H3. The third-order valence-electron chi connectivity index (χ3n) is 4.74. The first-order valence-corrected chi connectivity index (χ1v) is 10.0. The van der Waals surface area contributed by atoms with Crippen LogP contribution < -0.4 is 5.56 Å². The van der Waals surface area contributed by atoms with Gasteiger partial charge in [0.1, 0.15) is 12.4 Å². The van der Waals surface area contributed by atoms with Gasteiger partial charge in [-0.2, -0.15) is 9.78 Å². The molecule has 30 heavy (non-hydrogen) atoms. The smallest absolute Gasteiger partial charge is 0.302 e. The van der Waals surface area contributed by atoms with Gasteiger partial charge in [-0.15, -0.1) is 0 Å². The molecule has 0 amide bonds. The highest BCUT2D eigenvalue weighted by atomic mass is 19.1. The number of ether oxygens (including phenoxy) is 1. The van der Waals surface area contributed by atoms with Crippen molar-refractivity contribution in [1.82, 2.24) is 9.78 Å². The van der Waals surface area contributed by atoms with Crippen LogP contribution in [0.4, 0.5) is 4.39 Å². The maximum absolute atomic E-state index is 14.9. The van der Waals surface area contributed by atoms with E-state index in [2.05, 4.69) is 5.10 Å². The van der Waals surface area contributed by atoms with Crippen LogP contribution in [0.5, 0.6) is 0 Å². The largest absolute Gasteiger partial charge is 0.461 e. The van der Waals surface area contributed by atoms with Crippen molar-refractivity contribution >= 4 is 16.7 Å². The number of rotatable bonds is 3. The molecule has 1 aromatic heterocycles. The van der Waals surface area contributed by atoms with Crippen LogP contribution in [0.15, 0.2) is 41.3 Å². The Morgan fingerprint density at radius 3 is 2.47 bits per heavy atom. The number of hydrogen-bond donors (Lipinski definition) is 0. The van der Waals surface area contributed by atoms with Gasteiger partial charge < -0.3 is 4.74 Å². The summed E-state index contributed by atoms with van der Waals surface area (Å²) in [6, 6.07) is 8.54. The fourth-order valence-corrected chi connectivity index (χ4v) is 3.09. The number of carbonyl (C=O) groups is 1. The highest BCUT2D eigenvalue weighted by molar-refractivity contribution is 5.82. The predicted octanol–water partition coefficient (Wildman–Crippen LogP) is 5.22. The Kier molecular flexibility index (Phi) is 7.13. The normalized spacial score (nSPS) is 11.1. The maximum Gasteiger partial charge on any atom is 0.302 e. The summed E-state index contributed by atoms with van der Waals surface area (Å²) in [7, 11) is 0. The molecule has 1 heterocycles. The molecule has 0 atom stereocenters. The van der Waals surface area contributed by atoms with Gasteiger partial charge in [-0.25, -0.2) is 4.39 Å². The number of aromatic nitrogens is 2. The van der Waals surface area contributed by atoms with E-state index < -0.39 is 17.3 Å². The minimum absolute atomic E-state index is 0.00887. The summed E-state index contributed by atoms with van der Waals surface area (Å²) < 4.78 is 21.1. The summed E-state index contributed by atoms with van der Waals surface area (Å²) >= 11 is 0. The highest BCUT2D eigenvalue weighted by Crippen LogP contribution is 2.27. The molecule has 3 aromatic rings. The first-order chi connectivity index (χ1) is 14.1. The molecule has 6 heteroatoms. The summed E-state index contributed by atoms with van der Waals surface area (Å²) in [5.74, 6) is -0.994. The van der Waals surface area contributed by atoms with E-state index in [0.717, 1.165) is 15.8 Å². The second-order valence-corrected chi connectivity index (χ2v) is 7.89. The molecule has 0 saturated heterocycles. The number of halogens is 1. The van der Waals surface area contributed by atoms with Crippen LogP contribution in [0.25, 0.3) is 16.5 Å². The molecule has 0 bridgehead atoms. The molecule has 2 aromatic carbocycles. The highest BCUT2D eigenvalue weighted by Gasteiger charge is 2.20. The van der Waals surface area contributed by atoms with Crippen LogP contribution in [0.1, 0.15) is 58.2 Å². The minimum Gasteiger partial charge on any atom is -0.461 e. The van der Waals surface area contributed by atoms with Crippen molar-refractivity contribution < 1.29 is 13.9 Å². The van der Waals surface area contributed by atoms with Gasteiger partial charge in [-0.1, -0.05) is 46.8 Å². The Balaban J connectivity index is 0.00000155. The summed E-state index contributed by atoms with van der Waals surface area (Å²) in [4.78, 5) is 24.3. The van der Waals surface area contributed by atoms with E-state index in [1.54, 1.807) is 18.2 Å². The Morgan fingerprint density at radius 2 is 1.87 bits per heavy atom. The molecule has 0 saturated carbocycles. The molecule has 0 unspecified atom stereocenters. The average Bonchev–Trinajstić information content (AvgIpc) is 2.67. The van der Waals surface area contributed by atoms with Gasteiger partial charge >= 0.3 is 5.97 Å². The van der Waals surface area contributed by atoms with Crippen molar-refractivity contribution in [2.75, 3.05) is 0 Å². The predicted molar refractivity (Wildman–Crippen MR) is 118 cm³/mol. The summed E-state index contributed by atoms with van der Waals surface area (Å²) in [5.41, 5.74) is 1.95. The lowest BCUT2D eigenvalue weighted by Gasteiger charge is -2.20.